The Labute approximate surface area is 108 Å². The summed E-state index contributed by atoms with van der Waals surface area (Å²) in [7, 11) is 0. The van der Waals surface area contributed by atoms with E-state index in [4.69, 9.17) is 0 Å². The molecule has 2 aromatic rings. The summed E-state index contributed by atoms with van der Waals surface area (Å²) in [5.74, 6) is 0. The summed E-state index contributed by atoms with van der Waals surface area (Å²) in [6.07, 6.45) is 3.05. The molecule has 0 saturated heterocycles. The topological polar surface area (TPSA) is 77.1 Å². The number of aromatic nitrogens is 1. The zero-order chi connectivity index (χ0) is 13.0. The Bertz CT molecular complexity index is 575. The van der Waals surface area contributed by atoms with Gasteiger partial charge in [-0.05, 0) is 30.7 Å². The number of pyridine rings is 1. The first-order valence-electron chi connectivity index (χ1n) is 5.29. The highest BCUT2D eigenvalue weighted by atomic mass is 32.2. The zero-order valence-electron chi connectivity index (χ0n) is 9.71. The van der Waals surface area contributed by atoms with Crippen molar-refractivity contribution in [1.29, 1.82) is 0 Å². The maximum atomic E-state index is 10.7. The van der Waals surface area contributed by atoms with Crippen LogP contribution in [0.2, 0.25) is 0 Å². The highest BCUT2D eigenvalue weighted by Gasteiger charge is 2.02. The maximum absolute atomic E-state index is 10.7. The number of aryl methyl sites for hydroxylation is 1. The van der Waals surface area contributed by atoms with Gasteiger partial charge in [0.05, 0.1) is 17.6 Å². The van der Waals surface area contributed by atoms with Gasteiger partial charge >= 0.3 is 0 Å². The van der Waals surface area contributed by atoms with Crippen LogP contribution in [-0.2, 0) is 11.3 Å². The number of benzene rings is 1. The molecule has 5 nitrogen and oxygen atoms in total. The molecule has 0 aliphatic rings. The molecule has 1 unspecified atom stereocenters. The van der Waals surface area contributed by atoms with E-state index in [0.717, 1.165) is 11.3 Å². The monoisotopic (exact) mass is 262 g/mol. The lowest BCUT2D eigenvalue weighted by Gasteiger charge is -2.14. The van der Waals surface area contributed by atoms with Crippen LogP contribution >= 0.6 is 0 Å². The van der Waals surface area contributed by atoms with Crippen LogP contribution in [0.4, 0.5) is 17.1 Å². The maximum Gasteiger partial charge on any atom is 0.0874 e. The molecule has 18 heavy (non-hydrogen) atoms. The summed E-state index contributed by atoms with van der Waals surface area (Å²) in [5, 5.41) is 3.14. The second kappa shape index (κ2) is 5.61. The van der Waals surface area contributed by atoms with E-state index >= 15 is 0 Å². The number of hydrogen-bond acceptors (Lipinski definition) is 4. The standard InChI is InChI=1S/C12H13N3O2S/c1-9-3-2-4-10(7-9)14-11-5-6-13-8-12(11)15-18(16)17/h2-8,15H,1H3,(H,13,14)(H,16,17)/p-1. The summed E-state index contributed by atoms with van der Waals surface area (Å²) in [5.41, 5.74) is 3.07. The number of hydrogen-bond donors (Lipinski definition) is 2. The number of rotatable bonds is 4. The van der Waals surface area contributed by atoms with Gasteiger partial charge in [-0.3, -0.25) is 9.19 Å². The van der Waals surface area contributed by atoms with E-state index in [2.05, 4.69) is 15.0 Å². The van der Waals surface area contributed by atoms with Gasteiger partial charge in [-0.2, -0.15) is 0 Å². The van der Waals surface area contributed by atoms with Crippen molar-refractivity contribution in [2.45, 2.75) is 6.92 Å². The summed E-state index contributed by atoms with van der Waals surface area (Å²) in [6, 6.07) is 9.50. The second-order valence-corrected chi connectivity index (χ2v) is 4.43. The highest BCUT2D eigenvalue weighted by molar-refractivity contribution is 7.80. The Hall–Kier alpha value is -1.92. The highest BCUT2D eigenvalue weighted by Crippen LogP contribution is 2.24. The average molecular weight is 262 g/mol. The molecule has 0 aliphatic carbocycles. The lowest BCUT2D eigenvalue weighted by molar-refractivity contribution is 0.542. The Morgan fingerprint density at radius 1 is 1.28 bits per heavy atom. The Morgan fingerprint density at radius 3 is 2.83 bits per heavy atom. The fourth-order valence-electron chi connectivity index (χ4n) is 1.55. The van der Waals surface area contributed by atoms with Crippen molar-refractivity contribution < 1.29 is 8.76 Å². The minimum Gasteiger partial charge on any atom is -0.755 e. The third-order valence-corrected chi connectivity index (χ3v) is 2.70. The summed E-state index contributed by atoms with van der Waals surface area (Å²) in [4.78, 5) is 3.88. The second-order valence-electron chi connectivity index (χ2n) is 3.75. The predicted molar refractivity (Wildman–Crippen MR) is 71.2 cm³/mol. The molecular formula is C12H12N3O2S-. The van der Waals surface area contributed by atoms with E-state index in [9.17, 15) is 8.76 Å². The lowest BCUT2D eigenvalue weighted by atomic mass is 10.2. The summed E-state index contributed by atoms with van der Waals surface area (Å²) < 4.78 is 23.6. The fourth-order valence-corrected chi connectivity index (χ4v) is 1.90. The van der Waals surface area contributed by atoms with Crippen molar-refractivity contribution in [2.24, 2.45) is 0 Å². The molecule has 1 aromatic carbocycles. The Balaban J connectivity index is 2.26. The van der Waals surface area contributed by atoms with Crippen LogP contribution in [0.25, 0.3) is 0 Å². The number of nitrogens with one attached hydrogen (secondary N) is 2. The first-order chi connectivity index (χ1) is 8.65. The van der Waals surface area contributed by atoms with E-state index in [1.165, 1.54) is 6.20 Å². The van der Waals surface area contributed by atoms with Gasteiger partial charge in [-0.15, -0.1) is 0 Å². The molecule has 0 spiro atoms. The van der Waals surface area contributed by atoms with Gasteiger partial charge in [0.25, 0.3) is 0 Å². The van der Waals surface area contributed by atoms with E-state index in [-0.39, 0.29) is 0 Å². The molecule has 1 atom stereocenters. The number of anilines is 3. The normalized spacial score (nSPS) is 11.9. The molecule has 6 heteroatoms. The van der Waals surface area contributed by atoms with Crippen molar-refractivity contribution in [3.8, 4) is 0 Å². The Kier molecular flexibility index (Phi) is 3.91. The molecule has 94 valence electrons. The van der Waals surface area contributed by atoms with Crippen molar-refractivity contribution in [1.82, 2.24) is 4.98 Å². The van der Waals surface area contributed by atoms with Gasteiger partial charge in [0, 0.05) is 23.2 Å². The molecule has 0 fully saturated rings. The molecule has 0 aliphatic heterocycles. The molecule has 2 rings (SSSR count). The first kappa shape index (κ1) is 12.5. The van der Waals surface area contributed by atoms with Crippen molar-refractivity contribution in [2.75, 3.05) is 10.0 Å². The van der Waals surface area contributed by atoms with Crippen LogP contribution in [-0.4, -0.2) is 13.7 Å². The first-order valence-corrected chi connectivity index (χ1v) is 6.36. The largest absolute Gasteiger partial charge is 0.755 e. The average Bonchev–Trinajstić information content (AvgIpc) is 2.31. The molecule has 2 N–H and O–H groups in total. The number of nitrogens with zero attached hydrogens (tertiary/aromatic N) is 1. The molecule has 0 amide bonds. The molecule has 0 radical (unpaired) electrons. The van der Waals surface area contributed by atoms with Gasteiger partial charge < -0.3 is 14.6 Å². The quantitative estimate of drug-likeness (QED) is 0.829. The van der Waals surface area contributed by atoms with Crippen molar-refractivity contribution in [3.05, 3.63) is 48.3 Å². The predicted octanol–water partition coefficient (Wildman–Crippen LogP) is 2.34. The molecule has 1 heterocycles. The molecular weight excluding hydrogens is 250 g/mol. The van der Waals surface area contributed by atoms with E-state index in [1.807, 2.05) is 31.2 Å². The SMILES string of the molecule is Cc1cccc(Nc2ccncc2NS(=O)[O-])c1. The molecule has 0 saturated carbocycles. The van der Waals surface area contributed by atoms with Gasteiger partial charge in [-0.25, -0.2) is 0 Å². The summed E-state index contributed by atoms with van der Waals surface area (Å²) in [6.45, 7) is 1.99. The lowest BCUT2D eigenvalue weighted by Crippen LogP contribution is -2.05. The summed E-state index contributed by atoms with van der Waals surface area (Å²) >= 11 is -2.37. The van der Waals surface area contributed by atoms with E-state index in [0.29, 0.717) is 11.4 Å². The Morgan fingerprint density at radius 2 is 2.11 bits per heavy atom. The van der Waals surface area contributed by atoms with Gasteiger partial charge in [-0.1, -0.05) is 12.1 Å². The van der Waals surface area contributed by atoms with Crippen LogP contribution in [0.3, 0.4) is 0 Å². The molecule has 0 bridgehead atoms. The van der Waals surface area contributed by atoms with Crippen molar-refractivity contribution >= 4 is 28.3 Å². The van der Waals surface area contributed by atoms with E-state index < -0.39 is 11.3 Å². The van der Waals surface area contributed by atoms with Gasteiger partial charge in [0.1, 0.15) is 0 Å². The molecule has 1 aromatic heterocycles. The van der Waals surface area contributed by atoms with E-state index in [1.54, 1.807) is 12.3 Å². The third-order valence-electron chi connectivity index (χ3n) is 2.31. The van der Waals surface area contributed by atoms with Crippen LogP contribution in [0.1, 0.15) is 5.56 Å². The van der Waals surface area contributed by atoms with Gasteiger partial charge in [0.2, 0.25) is 0 Å². The van der Waals surface area contributed by atoms with Crippen LogP contribution in [0, 0.1) is 6.92 Å². The fraction of sp³-hybridized carbons (Fsp3) is 0.0833. The van der Waals surface area contributed by atoms with Crippen LogP contribution in [0.15, 0.2) is 42.7 Å². The minimum absolute atomic E-state index is 0.410. The van der Waals surface area contributed by atoms with Gasteiger partial charge in [0.15, 0.2) is 0 Å². The zero-order valence-corrected chi connectivity index (χ0v) is 10.5. The van der Waals surface area contributed by atoms with Crippen LogP contribution in [0.5, 0.6) is 0 Å². The third kappa shape index (κ3) is 3.28. The smallest absolute Gasteiger partial charge is 0.0874 e. The minimum atomic E-state index is -2.37. The van der Waals surface area contributed by atoms with Crippen LogP contribution < -0.4 is 10.0 Å². The van der Waals surface area contributed by atoms with Crippen molar-refractivity contribution in [3.63, 3.8) is 0 Å².